The summed E-state index contributed by atoms with van der Waals surface area (Å²) in [5, 5.41) is 3.31. The third-order valence-electron chi connectivity index (χ3n) is 5.91. The van der Waals surface area contributed by atoms with Gasteiger partial charge in [-0.3, -0.25) is 9.69 Å². The Morgan fingerprint density at radius 2 is 1.64 bits per heavy atom. The fourth-order valence-corrected chi connectivity index (χ4v) is 4.15. The van der Waals surface area contributed by atoms with E-state index in [1.54, 1.807) is 0 Å². The van der Waals surface area contributed by atoms with E-state index in [0.717, 1.165) is 45.6 Å². The summed E-state index contributed by atoms with van der Waals surface area (Å²) in [7, 11) is 2.21. The summed E-state index contributed by atoms with van der Waals surface area (Å²) < 4.78 is 0. The van der Waals surface area contributed by atoms with Crippen molar-refractivity contribution in [2.45, 2.75) is 64.3 Å². The Morgan fingerprint density at radius 1 is 1.05 bits per heavy atom. The van der Waals surface area contributed by atoms with Gasteiger partial charge in [0.25, 0.3) is 0 Å². The van der Waals surface area contributed by atoms with Crippen molar-refractivity contribution in [3.8, 4) is 0 Å². The number of hydrogen-bond donors (Lipinski definition) is 1. The molecule has 4 nitrogen and oxygen atoms in total. The van der Waals surface area contributed by atoms with Crippen LogP contribution in [-0.2, 0) is 4.79 Å². The Morgan fingerprint density at radius 3 is 2.18 bits per heavy atom. The SMILES string of the molecule is CCC(CC)C(=O)NCC1(N2CCN(C)CC2)CCCCC1. The van der Waals surface area contributed by atoms with Crippen LogP contribution in [0.4, 0.5) is 0 Å². The molecule has 0 spiro atoms. The molecule has 1 aliphatic heterocycles. The Hall–Kier alpha value is -0.610. The van der Waals surface area contributed by atoms with E-state index in [2.05, 4.69) is 36.0 Å². The molecule has 4 heteroatoms. The minimum atomic E-state index is 0.188. The highest BCUT2D eigenvalue weighted by atomic mass is 16.1. The fraction of sp³-hybridized carbons (Fsp3) is 0.944. The fourth-order valence-electron chi connectivity index (χ4n) is 4.15. The van der Waals surface area contributed by atoms with Crippen LogP contribution >= 0.6 is 0 Å². The monoisotopic (exact) mass is 309 g/mol. The van der Waals surface area contributed by atoms with Crippen LogP contribution in [0.1, 0.15) is 58.8 Å². The first kappa shape index (κ1) is 17.7. The molecule has 0 unspecified atom stereocenters. The topological polar surface area (TPSA) is 35.6 Å². The second kappa shape index (κ2) is 8.30. The lowest BCUT2D eigenvalue weighted by atomic mass is 9.79. The van der Waals surface area contributed by atoms with Gasteiger partial charge in [0.15, 0.2) is 0 Å². The van der Waals surface area contributed by atoms with E-state index < -0.39 is 0 Å². The number of amides is 1. The lowest BCUT2D eigenvalue weighted by molar-refractivity contribution is -0.126. The summed E-state index contributed by atoms with van der Waals surface area (Å²) in [5.74, 6) is 0.456. The molecule has 0 aromatic carbocycles. The second-order valence-electron chi connectivity index (χ2n) is 7.31. The van der Waals surface area contributed by atoms with Crippen LogP contribution in [0.2, 0.25) is 0 Å². The van der Waals surface area contributed by atoms with Gasteiger partial charge >= 0.3 is 0 Å². The summed E-state index contributed by atoms with van der Waals surface area (Å²) in [5.41, 5.74) is 0.223. The van der Waals surface area contributed by atoms with Crippen molar-refractivity contribution in [2.75, 3.05) is 39.8 Å². The molecule has 0 atom stereocenters. The Kier molecular flexibility index (Phi) is 6.69. The molecule has 128 valence electrons. The van der Waals surface area contributed by atoms with Gasteiger partial charge in [-0.25, -0.2) is 0 Å². The number of hydrogen-bond acceptors (Lipinski definition) is 3. The van der Waals surface area contributed by atoms with E-state index in [9.17, 15) is 4.79 Å². The summed E-state index contributed by atoms with van der Waals surface area (Å²) in [6.07, 6.45) is 8.38. The highest BCUT2D eigenvalue weighted by Gasteiger charge is 2.39. The average Bonchev–Trinajstić information content (AvgIpc) is 2.55. The van der Waals surface area contributed by atoms with Crippen molar-refractivity contribution in [3.63, 3.8) is 0 Å². The largest absolute Gasteiger partial charge is 0.354 e. The van der Waals surface area contributed by atoms with Gasteiger partial charge in [-0.1, -0.05) is 33.1 Å². The van der Waals surface area contributed by atoms with Crippen molar-refractivity contribution in [3.05, 3.63) is 0 Å². The van der Waals surface area contributed by atoms with Crippen LogP contribution < -0.4 is 5.32 Å². The van der Waals surface area contributed by atoms with Gasteiger partial charge in [-0.05, 0) is 32.7 Å². The molecule has 0 bridgehead atoms. The molecule has 2 fully saturated rings. The van der Waals surface area contributed by atoms with Gasteiger partial charge in [-0.2, -0.15) is 0 Å². The lowest BCUT2D eigenvalue weighted by Gasteiger charge is -2.49. The summed E-state index contributed by atoms with van der Waals surface area (Å²) >= 11 is 0. The van der Waals surface area contributed by atoms with Crippen molar-refractivity contribution in [1.29, 1.82) is 0 Å². The third kappa shape index (κ3) is 4.23. The number of piperazine rings is 1. The Labute approximate surface area is 136 Å². The van der Waals surface area contributed by atoms with Crippen molar-refractivity contribution < 1.29 is 4.79 Å². The highest BCUT2D eigenvalue weighted by Crippen LogP contribution is 2.34. The molecule has 0 aromatic rings. The first-order chi connectivity index (χ1) is 10.6. The molecule has 1 aliphatic carbocycles. The smallest absolute Gasteiger partial charge is 0.223 e. The van der Waals surface area contributed by atoms with Crippen molar-refractivity contribution in [2.24, 2.45) is 5.92 Å². The number of nitrogens with zero attached hydrogens (tertiary/aromatic N) is 2. The van der Waals surface area contributed by atoms with Gasteiger partial charge in [0.1, 0.15) is 0 Å². The molecule has 0 aromatic heterocycles. The minimum Gasteiger partial charge on any atom is -0.354 e. The van der Waals surface area contributed by atoms with Crippen LogP contribution in [0.15, 0.2) is 0 Å². The van der Waals surface area contributed by atoms with E-state index in [1.807, 2.05) is 0 Å². The Balaban J connectivity index is 1.98. The zero-order valence-corrected chi connectivity index (χ0v) is 14.9. The molecule has 0 radical (unpaired) electrons. The number of likely N-dealkylation sites (N-methyl/N-ethyl adjacent to an activating group) is 1. The number of nitrogens with one attached hydrogen (secondary N) is 1. The van der Waals surface area contributed by atoms with Gasteiger partial charge in [0.05, 0.1) is 0 Å². The molecule has 2 aliphatic rings. The van der Waals surface area contributed by atoms with Crippen LogP contribution in [-0.4, -0.2) is 61.0 Å². The summed E-state index contributed by atoms with van der Waals surface area (Å²) in [6, 6.07) is 0. The van der Waals surface area contributed by atoms with Crippen LogP contribution in [0.5, 0.6) is 0 Å². The molecule has 1 saturated heterocycles. The quantitative estimate of drug-likeness (QED) is 0.819. The normalized spacial score (nSPS) is 23.6. The molecule has 1 heterocycles. The van der Waals surface area contributed by atoms with Crippen LogP contribution in [0.3, 0.4) is 0 Å². The molecule has 1 amide bonds. The zero-order chi connectivity index (χ0) is 16.0. The first-order valence-electron chi connectivity index (χ1n) is 9.32. The van der Waals surface area contributed by atoms with Crippen molar-refractivity contribution >= 4 is 5.91 Å². The molecule has 1 saturated carbocycles. The molecule has 1 N–H and O–H groups in total. The van der Waals surface area contributed by atoms with Gasteiger partial charge in [0, 0.05) is 44.2 Å². The number of carbonyl (C=O) groups is 1. The maximum absolute atomic E-state index is 12.4. The highest BCUT2D eigenvalue weighted by molar-refractivity contribution is 5.78. The maximum atomic E-state index is 12.4. The molecule has 22 heavy (non-hydrogen) atoms. The standard InChI is InChI=1S/C18H35N3O/c1-4-16(5-2)17(22)19-15-18(9-7-6-8-10-18)21-13-11-20(3)12-14-21/h16H,4-15H2,1-3H3,(H,19,22). The van der Waals surface area contributed by atoms with Crippen LogP contribution in [0.25, 0.3) is 0 Å². The maximum Gasteiger partial charge on any atom is 0.223 e. The molecule has 2 rings (SSSR count). The number of rotatable bonds is 6. The summed E-state index contributed by atoms with van der Waals surface area (Å²) in [4.78, 5) is 17.5. The van der Waals surface area contributed by atoms with E-state index in [-0.39, 0.29) is 17.4 Å². The van der Waals surface area contributed by atoms with Crippen LogP contribution in [0, 0.1) is 5.92 Å². The second-order valence-corrected chi connectivity index (χ2v) is 7.31. The van der Waals surface area contributed by atoms with Crippen molar-refractivity contribution in [1.82, 2.24) is 15.1 Å². The van der Waals surface area contributed by atoms with E-state index in [0.29, 0.717) is 0 Å². The first-order valence-corrected chi connectivity index (χ1v) is 9.32. The molecular weight excluding hydrogens is 274 g/mol. The molecular formula is C18H35N3O. The zero-order valence-electron chi connectivity index (χ0n) is 14.9. The third-order valence-corrected chi connectivity index (χ3v) is 5.91. The summed E-state index contributed by atoms with van der Waals surface area (Å²) in [6.45, 7) is 9.69. The van der Waals surface area contributed by atoms with E-state index in [4.69, 9.17) is 0 Å². The van der Waals surface area contributed by atoms with Gasteiger partial charge < -0.3 is 10.2 Å². The van der Waals surface area contributed by atoms with Gasteiger partial charge in [-0.15, -0.1) is 0 Å². The van der Waals surface area contributed by atoms with Gasteiger partial charge in [0.2, 0.25) is 5.91 Å². The number of carbonyl (C=O) groups excluding carboxylic acids is 1. The average molecular weight is 309 g/mol. The Bertz CT molecular complexity index is 340. The lowest BCUT2D eigenvalue weighted by Crippen LogP contribution is -2.61. The van der Waals surface area contributed by atoms with E-state index in [1.165, 1.54) is 32.1 Å². The minimum absolute atomic E-state index is 0.188. The van der Waals surface area contributed by atoms with E-state index >= 15 is 0 Å². The predicted octanol–water partition coefficient (Wildman–Crippen LogP) is 2.49. The predicted molar refractivity (Wildman–Crippen MR) is 92.0 cm³/mol.